The smallest absolute Gasteiger partial charge is 0.344 e. The molecule has 2 aromatic carbocycles. The number of aliphatic imine (C=N–C) groups is 1. The van der Waals surface area contributed by atoms with Crippen molar-refractivity contribution in [2.75, 3.05) is 21.3 Å². The van der Waals surface area contributed by atoms with E-state index in [1.54, 1.807) is 24.3 Å². The van der Waals surface area contributed by atoms with Gasteiger partial charge in [0.1, 0.15) is 27.9 Å². The van der Waals surface area contributed by atoms with Crippen molar-refractivity contribution >= 4 is 40.2 Å². The van der Waals surface area contributed by atoms with Crippen molar-refractivity contribution in [3.8, 4) is 11.5 Å². The molecule has 0 bridgehead atoms. The number of nitro benzene ring substituents is 1. The van der Waals surface area contributed by atoms with Crippen molar-refractivity contribution in [3.05, 3.63) is 74.4 Å². The molecule has 0 spiro atoms. The number of hydrogen-bond acceptors (Lipinski definition) is 9. The van der Waals surface area contributed by atoms with Gasteiger partial charge in [-0.2, -0.15) is 0 Å². The maximum Gasteiger partial charge on any atom is 0.344 e. The topological polar surface area (TPSA) is 120 Å². The minimum Gasteiger partial charge on any atom is -0.506 e. The van der Waals surface area contributed by atoms with E-state index in [1.165, 1.54) is 45.6 Å². The highest BCUT2D eigenvalue weighted by atomic mass is 32.2. The quantitative estimate of drug-likeness (QED) is 0.397. The average Bonchev–Trinajstić information content (AvgIpc) is 3.07. The summed E-state index contributed by atoms with van der Waals surface area (Å²) < 4.78 is 15.3. The summed E-state index contributed by atoms with van der Waals surface area (Å²) in [7, 11) is 4.25. The molecule has 0 unspecified atom stereocenters. The molecule has 0 fully saturated rings. The number of benzene rings is 2. The lowest BCUT2D eigenvalue weighted by atomic mass is 10.1. The van der Waals surface area contributed by atoms with Gasteiger partial charge in [-0.05, 0) is 35.9 Å². The first-order valence-electron chi connectivity index (χ1n) is 8.84. The largest absolute Gasteiger partial charge is 0.506 e. The number of aliphatic hydroxyl groups excluding tert-OH is 1. The van der Waals surface area contributed by atoms with Gasteiger partial charge < -0.3 is 19.3 Å². The number of carbonyl (C=O) groups is 1. The molecule has 10 heteroatoms. The van der Waals surface area contributed by atoms with Gasteiger partial charge >= 0.3 is 5.97 Å². The van der Waals surface area contributed by atoms with E-state index < -0.39 is 10.9 Å². The molecule has 1 N–H and O–H groups in total. The standard InChI is InChI=1S/C21H18N2O7S/c1-28-15-8-12(9-16(11-15)29-2)10-17-19(24)18(21(25)30-3)20(31-17)22-13-4-6-14(7-5-13)23(26)27/h4-11,24H,1-3H3/b17-10+,22-20?. The highest BCUT2D eigenvalue weighted by Gasteiger charge is 2.33. The average molecular weight is 442 g/mol. The summed E-state index contributed by atoms with van der Waals surface area (Å²) in [6, 6.07) is 10.7. The summed E-state index contributed by atoms with van der Waals surface area (Å²) in [5, 5.41) is 21.7. The molecule has 0 saturated heterocycles. The van der Waals surface area contributed by atoms with Gasteiger partial charge in [0, 0.05) is 18.2 Å². The van der Waals surface area contributed by atoms with Crippen molar-refractivity contribution in [2.45, 2.75) is 0 Å². The van der Waals surface area contributed by atoms with E-state index >= 15 is 0 Å². The number of esters is 1. The van der Waals surface area contributed by atoms with E-state index in [2.05, 4.69) is 4.99 Å². The van der Waals surface area contributed by atoms with E-state index in [4.69, 9.17) is 14.2 Å². The number of rotatable bonds is 6. The summed E-state index contributed by atoms with van der Waals surface area (Å²) in [6.07, 6.45) is 1.66. The molecular formula is C21H18N2O7S. The van der Waals surface area contributed by atoms with Crippen LogP contribution in [0, 0.1) is 10.1 Å². The Kier molecular flexibility index (Phi) is 6.61. The molecule has 0 aromatic heterocycles. The second-order valence-electron chi connectivity index (χ2n) is 6.16. The predicted octanol–water partition coefficient (Wildman–Crippen LogP) is 4.42. The van der Waals surface area contributed by atoms with Crippen molar-refractivity contribution in [1.29, 1.82) is 0 Å². The van der Waals surface area contributed by atoms with Gasteiger partial charge in [0.25, 0.3) is 5.69 Å². The third-order valence-corrected chi connectivity index (χ3v) is 5.26. The van der Waals surface area contributed by atoms with Crippen molar-refractivity contribution in [1.82, 2.24) is 0 Å². The number of methoxy groups -OCH3 is 3. The van der Waals surface area contributed by atoms with Gasteiger partial charge in [0.2, 0.25) is 0 Å². The predicted molar refractivity (Wildman–Crippen MR) is 117 cm³/mol. The third-order valence-electron chi connectivity index (χ3n) is 4.24. The molecule has 31 heavy (non-hydrogen) atoms. The molecule has 0 radical (unpaired) electrons. The van der Waals surface area contributed by atoms with Crippen LogP contribution in [0.25, 0.3) is 6.08 Å². The lowest BCUT2D eigenvalue weighted by Crippen LogP contribution is -2.10. The number of non-ortho nitro benzene ring substituents is 1. The summed E-state index contributed by atoms with van der Waals surface area (Å²) in [6.45, 7) is 0. The van der Waals surface area contributed by atoms with Crippen LogP contribution in [0.5, 0.6) is 11.5 Å². The third kappa shape index (κ3) is 4.86. The normalized spacial score (nSPS) is 16.0. The maximum absolute atomic E-state index is 12.3. The Labute approximate surface area is 181 Å². The minimum absolute atomic E-state index is 0.0813. The van der Waals surface area contributed by atoms with Gasteiger partial charge in [0.05, 0.1) is 36.8 Å². The van der Waals surface area contributed by atoms with Gasteiger partial charge in [-0.3, -0.25) is 10.1 Å². The molecule has 1 heterocycles. The molecular weight excluding hydrogens is 424 g/mol. The molecule has 0 saturated carbocycles. The zero-order valence-electron chi connectivity index (χ0n) is 16.8. The fourth-order valence-corrected chi connectivity index (χ4v) is 3.76. The monoisotopic (exact) mass is 442 g/mol. The van der Waals surface area contributed by atoms with Crippen LogP contribution in [-0.2, 0) is 9.53 Å². The van der Waals surface area contributed by atoms with Gasteiger partial charge in [-0.15, -0.1) is 0 Å². The number of hydrogen-bond donors (Lipinski definition) is 1. The van der Waals surface area contributed by atoms with E-state index in [0.717, 1.165) is 11.8 Å². The maximum atomic E-state index is 12.3. The van der Waals surface area contributed by atoms with E-state index in [1.807, 2.05) is 0 Å². The molecule has 1 aliphatic heterocycles. The fourth-order valence-electron chi connectivity index (χ4n) is 2.72. The number of thioether (sulfide) groups is 1. The van der Waals surface area contributed by atoms with Crippen LogP contribution in [0.2, 0.25) is 0 Å². The van der Waals surface area contributed by atoms with Gasteiger partial charge in [-0.25, -0.2) is 9.79 Å². The number of nitro groups is 1. The van der Waals surface area contributed by atoms with Crippen LogP contribution in [-0.4, -0.2) is 42.4 Å². The van der Waals surface area contributed by atoms with E-state index in [-0.39, 0.29) is 22.1 Å². The summed E-state index contributed by atoms with van der Waals surface area (Å²) in [4.78, 5) is 27.3. The SMILES string of the molecule is COC(=O)C1=C(O)/C(=C\c2cc(OC)cc(OC)c2)SC1=Nc1ccc([N+](=O)[O-])cc1. The van der Waals surface area contributed by atoms with Crippen LogP contribution in [0.3, 0.4) is 0 Å². The van der Waals surface area contributed by atoms with Crippen molar-refractivity contribution in [3.63, 3.8) is 0 Å². The van der Waals surface area contributed by atoms with Crippen LogP contribution in [0.4, 0.5) is 11.4 Å². The van der Waals surface area contributed by atoms with Gasteiger partial charge in [-0.1, -0.05) is 11.8 Å². The van der Waals surface area contributed by atoms with Crippen LogP contribution in [0.15, 0.2) is 63.7 Å². The Bertz CT molecular complexity index is 1100. The lowest BCUT2D eigenvalue weighted by molar-refractivity contribution is -0.384. The Morgan fingerprint density at radius 1 is 1.10 bits per heavy atom. The fraction of sp³-hybridized carbons (Fsp3) is 0.143. The Balaban J connectivity index is 2.03. The van der Waals surface area contributed by atoms with Crippen LogP contribution in [0.1, 0.15) is 5.56 Å². The highest BCUT2D eigenvalue weighted by Crippen LogP contribution is 2.40. The van der Waals surface area contributed by atoms with E-state index in [0.29, 0.717) is 27.7 Å². The molecule has 9 nitrogen and oxygen atoms in total. The summed E-state index contributed by atoms with van der Waals surface area (Å²) in [5.74, 6) is 0.0906. The molecule has 1 aliphatic rings. The zero-order chi connectivity index (χ0) is 22.5. The number of aliphatic hydroxyl groups is 1. The molecule has 0 aliphatic carbocycles. The molecule has 160 valence electrons. The second-order valence-corrected chi connectivity index (χ2v) is 7.19. The molecule has 0 amide bonds. The highest BCUT2D eigenvalue weighted by molar-refractivity contribution is 8.18. The summed E-state index contributed by atoms with van der Waals surface area (Å²) in [5.41, 5.74) is 0.881. The first-order chi connectivity index (χ1) is 14.9. The molecule has 2 aromatic rings. The molecule has 3 rings (SSSR count). The Hall–Kier alpha value is -3.79. The summed E-state index contributed by atoms with van der Waals surface area (Å²) >= 11 is 1.07. The number of ether oxygens (including phenoxy) is 3. The molecule has 0 atom stereocenters. The van der Waals surface area contributed by atoms with Crippen LogP contribution < -0.4 is 9.47 Å². The first-order valence-corrected chi connectivity index (χ1v) is 9.66. The van der Waals surface area contributed by atoms with Crippen molar-refractivity contribution in [2.24, 2.45) is 4.99 Å². The number of nitrogens with zero attached hydrogens (tertiary/aromatic N) is 2. The first kappa shape index (κ1) is 21.9. The Morgan fingerprint density at radius 3 is 2.23 bits per heavy atom. The van der Waals surface area contributed by atoms with Crippen LogP contribution >= 0.6 is 11.8 Å². The second kappa shape index (κ2) is 9.35. The Morgan fingerprint density at radius 2 is 1.71 bits per heavy atom. The van der Waals surface area contributed by atoms with E-state index in [9.17, 15) is 20.0 Å². The minimum atomic E-state index is -0.753. The van der Waals surface area contributed by atoms with Crippen molar-refractivity contribution < 1.29 is 29.0 Å². The van der Waals surface area contributed by atoms with Gasteiger partial charge in [0.15, 0.2) is 0 Å². The number of carbonyl (C=O) groups excluding carboxylic acids is 1. The lowest BCUT2D eigenvalue weighted by Gasteiger charge is -2.06. The zero-order valence-corrected chi connectivity index (χ0v) is 17.6.